The molecule has 5 amide bonds. The second-order valence-electron chi connectivity index (χ2n) is 15.6. The largest absolute Gasteiger partial charge is 0.367 e. The van der Waals surface area contributed by atoms with Crippen LogP contribution in [0.4, 0.5) is 23.1 Å². The first-order valence-corrected chi connectivity index (χ1v) is 19.3. The van der Waals surface area contributed by atoms with Crippen molar-refractivity contribution in [2.75, 3.05) is 55.4 Å². The third-order valence-corrected chi connectivity index (χ3v) is 12.0. The predicted octanol–water partition coefficient (Wildman–Crippen LogP) is 3.46. The number of aromatic nitrogens is 4. The normalized spacial score (nSPS) is 20.7. The minimum atomic E-state index is -0.728. The number of benzene rings is 1. The van der Waals surface area contributed by atoms with E-state index in [2.05, 4.69) is 30.1 Å². The van der Waals surface area contributed by atoms with E-state index in [9.17, 15) is 24.0 Å². The number of piperidine rings is 1. The first kappa shape index (κ1) is 34.9. The fourth-order valence-corrected chi connectivity index (χ4v) is 9.01. The third kappa shape index (κ3) is 6.05. The molecular formula is C40H44N10O5. The van der Waals surface area contributed by atoms with Crippen molar-refractivity contribution in [3.8, 4) is 0 Å². The van der Waals surface area contributed by atoms with Gasteiger partial charge in [-0.1, -0.05) is 25.0 Å². The number of carbonyl (C=O) groups is 5. The molecule has 2 saturated heterocycles. The van der Waals surface area contributed by atoms with Gasteiger partial charge in [0.05, 0.1) is 23.7 Å². The van der Waals surface area contributed by atoms with Crippen LogP contribution < -0.4 is 20.4 Å². The van der Waals surface area contributed by atoms with Crippen molar-refractivity contribution in [2.24, 2.45) is 0 Å². The van der Waals surface area contributed by atoms with Gasteiger partial charge in [-0.05, 0) is 67.5 Å². The number of piperazine rings is 1. The zero-order chi connectivity index (χ0) is 38.0. The van der Waals surface area contributed by atoms with Crippen LogP contribution in [-0.2, 0) is 31.0 Å². The van der Waals surface area contributed by atoms with E-state index in [0.717, 1.165) is 53.5 Å². The summed E-state index contributed by atoms with van der Waals surface area (Å²) >= 11 is 0. The quantitative estimate of drug-likeness (QED) is 0.255. The molecule has 1 aromatic carbocycles. The Morgan fingerprint density at radius 1 is 0.964 bits per heavy atom. The summed E-state index contributed by atoms with van der Waals surface area (Å²) in [4.78, 5) is 86.4. The number of hydrogen-bond donors (Lipinski definition) is 2. The fraction of sp³-hybridized carbons (Fsp3) is 0.450. The summed E-state index contributed by atoms with van der Waals surface area (Å²) in [6, 6.07) is 10.9. The number of pyridine rings is 1. The van der Waals surface area contributed by atoms with Gasteiger partial charge in [-0.3, -0.25) is 34.2 Å². The lowest BCUT2D eigenvalue weighted by Crippen LogP contribution is -2.54. The molecule has 15 nitrogen and oxygen atoms in total. The molecule has 15 heteroatoms. The van der Waals surface area contributed by atoms with Gasteiger partial charge in [0.25, 0.3) is 5.91 Å². The lowest BCUT2D eigenvalue weighted by molar-refractivity contribution is -0.136. The molecule has 0 bridgehead atoms. The highest BCUT2D eigenvalue weighted by Gasteiger charge is 2.62. The number of fused-ring (bicyclic) bond motifs is 3. The minimum Gasteiger partial charge on any atom is -0.367 e. The van der Waals surface area contributed by atoms with Crippen LogP contribution in [0.25, 0.3) is 11.0 Å². The summed E-state index contributed by atoms with van der Waals surface area (Å²) < 4.78 is 2.09. The van der Waals surface area contributed by atoms with Gasteiger partial charge in [-0.25, -0.2) is 9.97 Å². The molecule has 6 heterocycles. The molecule has 2 N–H and O–H groups in total. The topological polar surface area (TPSA) is 166 Å². The average molecular weight is 745 g/mol. The van der Waals surface area contributed by atoms with Crippen molar-refractivity contribution in [1.29, 1.82) is 0 Å². The molecule has 3 aromatic heterocycles. The zero-order valence-electron chi connectivity index (χ0n) is 31.1. The Labute approximate surface area is 318 Å². The van der Waals surface area contributed by atoms with Gasteiger partial charge in [0, 0.05) is 70.0 Å². The molecule has 2 aliphatic carbocycles. The predicted molar refractivity (Wildman–Crippen MR) is 204 cm³/mol. The Hall–Kier alpha value is -5.86. The van der Waals surface area contributed by atoms with Crippen LogP contribution >= 0.6 is 0 Å². The van der Waals surface area contributed by atoms with Crippen LogP contribution in [0.2, 0.25) is 0 Å². The van der Waals surface area contributed by atoms with Crippen molar-refractivity contribution in [1.82, 2.24) is 34.6 Å². The van der Waals surface area contributed by atoms with E-state index in [0.29, 0.717) is 62.2 Å². The maximum Gasteiger partial charge on any atom is 0.270 e. The average Bonchev–Trinajstić information content (AvgIpc) is 3.51. The number of nitrogens with zero attached hydrogens (tertiary/aromatic N) is 8. The maximum absolute atomic E-state index is 13.8. The van der Waals surface area contributed by atoms with E-state index >= 15 is 0 Å². The van der Waals surface area contributed by atoms with Crippen LogP contribution in [0.3, 0.4) is 0 Å². The Bertz CT molecular complexity index is 2230. The second-order valence-corrected chi connectivity index (χ2v) is 15.6. The summed E-state index contributed by atoms with van der Waals surface area (Å²) in [5.41, 5.74) is 4.02. The highest BCUT2D eigenvalue weighted by atomic mass is 16.2. The Morgan fingerprint density at radius 3 is 2.44 bits per heavy atom. The van der Waals surface area contributed by atoms with Crippen molar-refractivity contribution in [3.63, 3.8) is 0 Å². The molecule has 0 radical (unpaired) electrons. The van der Waals surface area contributed by atoms with Gasteiger partial charge in [0.1, 0.15) is 23.2 Å². The molecule has 1 unspecified atom stereocenters. The van der Waals surface area contributed by atoms with Crippen molar-refractivity contribution in [3.05, 3.63) is 65.6 Å². The van der Waals surface area contributed by atoms with Gasteiger partial charge in [-0.15, -0.1) is 0 Å². The van der Waals surface area contributed by atoms with Gasteiger partial charge in [0.15, 0.2) is 0 Å². The van der Waals surface area contributed by atoms with E-state index < -0.39 is 17.4 Å². The standard InChI is InChI=1S/C40H44N10O5/c1-46(2)37(54)30-20-25-22-42-39(45-35(25)49(30)26-7-3-4-8-26)43-31-12-10-27(23-41-31)47-16-18-48(19-17-47)33(52)21-24-6-5-9-28-34(24)40(14-15-40)38(55)50(28)29-11-13-32(51)44-36(29)53/h5-6,9-10,12,20,22-23,26,29H,3-4,7-8,11,13-19,21H2,1-2H3,(H,44,51,53)(H,41,42,43,45). The van der Waals surface area contributed by atoms with E-state index in [4.69, 9.17) is 4.98 Å². The first-order chi connectivity index (χ1) is 26.6. The Balaban J connectivity index is 0.848. The summed E-state index contributed by atoms with van der Waals surface area (Å²) in [6.45, 7) is 2.38. The van der Waals surface area contributed by atoms with E-state index in [1.807, 2.05) is 41.3 Å². The molecule has 2 saturated carbocycles. The van der Waals surface area contributed by atoms with E-state index in [1.54, 1.807) is 36.3 Å². The van der Waals surface area contributed by atoms with Crippen LogP contribution in [0, 0.1) is 0 Å². The van der Waals surface area contributed by atoms with Gasteiger partial charge >= 0.3 is 0 Å². The molecule has 9 rings (SSSR count). The van der Waals surface area contributed by atoms with E-state index in [-0.39, 0.29) is 48.9 Å². The van der Waals surface area contributed by atoms with Crippen LogP contribution in [0.1, 0.15) is 79.0 Å². The SMILES string of the molecule is CN(C)C(=O)c1cc2cnc(Nc3ccc(N4CCN(C(=O)Cc5cccc6c5C5(CC5)C(=O)N6C5CCC(=O)NC5=O)CC4)cn3)nc2n1C1CCCC1. The minimum absolute atomic E-state index is 0.00247. The molecule has 3 aliphatic heterocycles. The Morgan fingerprint density at radius 2 is 1.75 bits per heavy atom. The summed E-state index contributed by atoms with van der Waals surface area (Å²) in [6.07, 6.45) is 9.87. The fourth-order valence-electron chi connectivity index (χ4n) is 9.01. The molecule has 1 atom stereocenters. The van der Waals surface area contributed by atoms with Crippen LogP contribution in [-0.4, -0.2) is 105 Å². The number of hydrogen-bond acceptors (Lipinski definition) is 10. The number of anilines is 4. The number of amides is 5. The van der Waals surface area contributed by atoms with Gasteiger partial charge < -0.3 is 24.6 Å². The Kier molecular flexibility index (Phi) is 8.54. The number of carbonyl (C=O) groups excluding carboxylic acids is 5. The summed E-state index contributed by atoms with van der Waals surface area (Å²) in [5.74, 6) is 0.0894. The van der Waals surface area contributed by atoms with Crippen molar-refractivity contribution >= 4 is 63.7 Å². The monoisotopic (exact) mass is 744 g/mol. The van der Waals surface area contributed by atoms with Crippen molar-refractivity contribution < 1.29 is 24.0 Å². The molecule has 4 fully saturated rings. The third-order valence-electron chi connectivity index (χ3n) is 12.0. The second kappa shape index (κ2) is 13.5. The van der Waals surface area contributed by atoms with Crippen LogP contribution in [0.5, 0.6) is 0 Å². The van der Waals surface area contributed by atoms with Crippen molar-refractivity contribution in [2.45, 2.75) is 75.3 Å². The zero-order valence-corrected chi connectivity index (χ0v) is 31.1. The van der Waals surface area contributed by atoms with Gasteiger partial charge in [-0.2, -0.15) is 4.98 Å². The molecule has 4 aromatic rings. The smallest absolute Gasteiger partial charge is 0.270 e. The molecular weight excluding hydrogens is 701 g/mol. The highest BCUT2D eigenvalue weighted by molar-refractivity contribution is 6.15. The molecule has 55 heavy (non-hydrogen) atoms. The summed E-state index contributed by atoms with van der Waals surface area (Å²) in [5, 5.41) is 6.45. The highest BCUT2D eigenvalue weighted by Crippen LogP contribution is 2.59. The summed E-state index contributed by atoms with van der Waals surface area (Å²) in [7, 11) is 3.52. The first-order valence-electron chi connectivity index (χ1n) is 19.3. The van der Waals surface area contributed by atoms with E-state index in [1.165, 1.54) is 0 Å². The van der Waals surface area contributed by atoms with Gasteiger partial charge in [0.2, 0.25) is 29.6 Å². The lowest BCUT2D eigenvalue weighted by Gasteiger charge is -2.36. The lowest BCUT2D eigenvalue weighted by atomic mass is 9.91. The number of nitrogens with one attached hydrogen (secondary N) is 2. The molecule has 1 spiro atoms. The molecule has 5 aliphatic rings. The molecule has 284 valence electrons. The van der Waals surface area contributed by atoms with Crippen LogP contribution in [0.15, 0.2) is 48.8 Å². The number of imide groups is 1. The number of rotatable bonds is 8. The maximum atomic E-state index is 13.8.